The van der Waals surface area contributed by atoms with Crippen LogP contribution in [0.4, 0.5) is 15.0 Å². The smallest absolute Gasteiger partial charge is 0.329 e. The average Bonchev–Trinajstić information content (AvgIpc) is 3.02. The Morgan fingerprint density at radius 1 is 1.27 bits per heavy atom. The molecule has 2 aliphatic heterocycles. The molecule has 0 unspecified atom stereocenters. The molecule has 9 nitrogen and oxygen atoms in total. The predicted octanol–water partition coefficient (Wildman–Crippen LogP) is 2.49. The summed E-state index contributed by atoms with van der Waals surface area (Å²) in [6.07, 6.45) is -0.324. The van der Waals surface area contributed by atoms with Crippen LogP contribution in [0.25, 0.3) is 10.9 Å². The number of esters is 1. The van der Waals surface area contributed by atoms with Crippen molar-refractivity contribution in [3.05, 3.63) is 23.8 Å². The summed E-state index contributed by atoms with van der Waals surface area (Å²) in [5.41, 5.74) is 1.09. The number of anilines is 1. The molecule has 2 aromatic rings. The number of ether oxygens (including phenoxy) is 1. The van der Waals surface area contributed by atoms with Crippen LogP contribution in [0.2, 0.25) is 0 Å². The van der Waals surface area contributed by atoms with Crippen LogP contribution < -0.4 is 10.2 Å². The Kier molecular flexibility index (Phi) is 6.13. The number of urea groups is 1. The van der Waals surface area contributed by atoms with Crippen LogP contribution >= 0.6 is 0 Å². The third-order valence-corrected chi connectivity index (χ3v) is 5.99. The van der Waals surface area contributed by atoms with E-state index in [0.717, 1.165) is 16.5 Å². The number of alkyl halides is 1. The third kappa shape index (κ3) is 5.00. The molecule has 1 aromatic heterocycles. The van der Waals surface area contributed by atoms with E-state index >= 15 is 4.39 Å². The number of carbonyl (C=O) groups excluding carboxylic acids is 3. The van der Waals surface area contributed by atoms with Gasteiger partial charge in [-0.15, -0.1) is 0 Å². The number of likely N-dealkylation sites (tertiary alicyclic amines) is 1. The predicted molar refractivity (Wildman–Crippen MR) is 121 cm³/mol. The van der Waals surface area contributed by atoms with Gasteiger partial charge in [0.15, 0.2) is 5.82 Å². The van der Waals surface area contributed by atoms with E-state index in [1.807, 2.05) is 39.0 Å². The highest BCUT2D eigenvalue weighted by Crippen LogP contribution is 2.34. The molecule has 2 aliphatic rings. The highest BCUT2D eigenvalue weighted by Gasteiger charge is 2.33. The summed E-state index contributed by atoms with van der Waals surface area (Å²) in [4.78, 5) is 39.1. The van der Waals surface area contributed by atoms with Gasteiger partial charge in [0, 0.05) is 37.9 Å². The Balaban J connectivity index is 1.48. The number of piperidine rings is 1. The number of carbonyl (C=O) groups is 3. The topological polar surface area (TPSA) is 96.8 Å². The van der Waals surface area contributed by atoms with E-state index in [-0.39, 0.29) is 43.8 Å². The number of nitrogens with zero attached hydrogens (tertiary/aromatic N) is 4. The molecule has 3 heterocycles. The minimum atomic E-state index is -1.12. The molecule has 0 spiro atoms. The maximum absolute atomic E-state index is 15.1. The fourth-order valence-electron chi connectivity index (χ4n) is 4.49. The van der Waals surface area contributed by atoms with Crippen molar-refractivity contribution in [3.63, 3.8) is 0 Å². The fraction of sp³-hybridized carbons (Fsp3) is 0.565. The Morgan fingerprint density at radius 3 is 2.70 bits per heavy atom. The molecule has 10 heteroatoms. The normalized spacial score (nSPS) is 22.5. The standard InChI is InChI=1S/C23H30FN5O4/c1-23(2,3)33-20(31)13-28-9-7-15(17(24)12-28)14-5-6-16-18(11-14)27(4)26-21(16)29-10-8-19(30)25-22(29)32/h5-6,11,15,17H,7-10,12-13H2,1-4H3,(H,25,30,32)/t15-,17-/m1/s1. The first kappa shape index (κ1) is 23.2. The number of benzene rings is 1. The largest absolute Gasteiger partial charge is 0.459 e. The van der Waals surface area contributed by atoms with Crippen molar-refractivity contribution in [2.45, 2.75) is 51.3 Å². The molecule has 2 atom stereocenters. The summed E-state index contributed by atoms with van der Waals surface area (Å²) in [6, 6.07) is 5.16. The first-order valence-electron chi connectivity index (χ1n) is 11.2. The number of nitrogens with one attached hydrogen (secondary N) is 1. The SMILES string of the molecule is Cn1nc(N2CCC(=O)NC2=O)c2ccc([C@H]3CCN(CC(=O)OC(C)(C)C)C[C@H]3F)cc21. The van der Waals surface area contributed by atoms with Crippen LogP contribution in [0.5, 0.6) is 0 Å². The first-order chi connectivity index (χ1) is 15.5. The van der Waals surface area contributed by atoms with Crippen molar-refractivity contribution in [1.82, 2.24) is 20.0 Å². The Labute approximate surface area is 191 Å². The average molecular weight is 460 g/mol. The van der Waals surface area contributed by atoms with Gasteiger partial charge < -0.3 is 4.74 Å². The number of hydrogen-bond donors (Lipinski definition) is 1. The summed E-state index contributed by atoms with van der Waals surface area (Å²) in [7, 11) is 1.78. The molecule has 4 rings (SSSR count). The van der Waals surface area contributed by atoms with Crippen molar-refractivity contribution >= 4 is 34.6 Å². The third-order valence-electron chi connectivity index (χ3n) is 5.99. The van der Waals surface area contributed by atoms with Crippen LogP contribution in [0.3, 0.4) is 0 Å². The van der Waals surface area contributed by atoms with E-state index in [0.29, 0.717) is 18.8 Å². The number of imide groups is 1. The number of aromatic nitrogens is 2. The number of amides is 3. The summed E-state index contributed by atoms with van der Waals surface area (Å²) in [6.45, 7) is 6.54. The van der Waals surface area contributed by atoms with Crippen molar-refractivity contribution in [2.75, 3.05) is 31.1 Å². The van der Waals surface area contributed by atoms with E-state index in [9.17, 15) is 14.4 Å². The molecular weight excluding hydrogens is 429 g/mol. The molecule has 2 saturated heterocycles. The fourth-order valence-corrected chi connectivity index (χ4v) is 4.49. The lowest BCUT2D eigenvalue weighted by Crippen LogP contribution is -2.49. The van der Waals surface area contributed by atoms with E-state index in [4.69, 9.17) is 4.74 Å². The lowest BCUT2D eigenvalue weighted by Gasteiger charge is -2.34. The molecule has 0 aliphatic carbocycles. The van der Waals surface area contributed by atoms with Crippen molar-refractivity contribution in [1.29, 1.82) is 0 Å². The number of fused-ring (bicyclic) bond motifs is 1. The van der Waals surface area contributed by atoms with Gasteiger partial charge >= 0.3 is 12.0 Å². The number of hydrogen-bond acceptors (Lipinski definition) is 6. The van der Waals surface area contributed by atoms with Gasteiger partial charge in [-0.25, -0.2) is 9.18 Å². The number of rotatable bonds is 4. The maximum Gasteiger partial charge on any atom is 0.329 e. The van der Waals surface area contributed by atoms with Gasteiger partial charge in [0.25, 0.3) is 0 Å². The highest BCUT2D eigenvalue weighted by molar-refractivity contribution is 6.08. The molecule has 0 radical (unpaired) electrons. The number of halogens is 1. The van der Waals surface area contributed by atoms with E-state index in [1.54, 1.807) is 16.6 Å². The second kappa shape index (κ2) is 8.74. The van der Waals surface area contributed by atoms with Crippen LogP contribution in [-0.2, 0) is 21.4 Å². The molecule has 1 N–H and O–H groups in total. The molecule has 33 heavy (non-hydrogen) atoms. The van der Waals surface area contributed by atoms with Crippen molar-refractivity contribution in [3.8, 4) is 0 Å². The zero-order chi connectivity index (χ0) is 23.9. The maximum atomic E-state index is 15.1. The van der Waals surface area contributed by atoms with E-state index in [1.165, 1.54) is 4.90 Å². The number of aryl methyl sites for hydroxylation is 1. The molecular formula is C23H30FN5O4. The van der Waals surface area contributed by atoms with Gasteiger partial charge in [0.05, 0.1) is 12.1 Å². The summed E-state index contributed by atoms with van der Waals surface area (Å²) in [5, 5.41) is 7.56. The van der Waals surface area contributed by atoms with Gasteiger partial charge in [-0.2, -0.15) is 5.10 Å². The van der Waals surface area contributed by atoms with Crippen LogP contribution in [0.15, 0.2) is 18.2 Å². The van der Waals surface area contributed by atoms with Crippen LogP contribution in [-0.4, -0.2) is 70.5 Å². The Morgan fingerprint density at radius 2 is 2.03 bits per heavy atom. The zero-order valence-corrected chi connectivity index (χ0v) is 19.4. The zero-order valence-electron chi connectivity index (χ0n) is 19.4. The lowest BCUT2D eigenvalue weighted by molar-refractivity contribution is -0.156. The molecule has 1 aromatic carbocycles. The molecule has 178 valence electrons. The lowest BCUT2D eigenvalue weighted by atomic mass is 9.87. The highest BCUT2D eigenvalue weighted by atomic mass is 19.1. The minimum absolute atomic E-state index is 0.0783. The molecule has 0 bridgehead atoms. The molecule has 2 fully saturated rings. The second-order valence-corrected chi connectivity index (χ2v) is 9.71. The monoisotopic (exact) mass is 459 g/mol. The van der Waals surface area contributed by atoms with Gasteiger partial charge in [0.1, 0.15) is 11.8 Å². The van der Waals surface area contributed by atoms with Crippen LogP contribution in [0, 0.1) is 0 Å². The summed E-state index contributed by atoms with van der Waals surface area (Å²) in [5.74, 6) is -0.460. The van der Waals surface area contributed by atoms with E-state index in [2.05, 4.69) is 10.4 Å². The summed E-state index contributed by atoms with van der Waals surface area (Å²) >= 11 is 0. The van der Waals surface area contributed by atoms with Gasteiger partial charge in [0.2, 0.25) is 5.91 Å². The quantitative estimate of drug-likeness (QED) is 0.706. The first-order valence-corrected chi connectivity index (χ1v) is 11.2. The summed E-state index contributed by atoms with van der Waals surface area (Å²) < 4.78 is 22.2. The molecule has 0 saturated carbocycles. The van der Waals surface area contributed by atoms with E-state index < -0.39 is 17.8 Å². The van der Waals surface area contributed by atoms with Crippen molar-refractivity contribution < 1.29 is 23.5 Å². The van der Waals surface area contributed by atoms with Gasteiger partial charge in [-0.3, -0.25) is 29.4 Å². The van der Waals surface area contributed by atoms with Gasteiger partial charge in [-0.1, -0.05) is 6.07 Å². The minimum Gasteiger partial charge on any atom is -0.459 e. The van der Waals surface area contributed by atoms with Crippen molar-refractivity contribution in [2.24, 2.45) is 7.05 Å². The Hall–Kier alpha value is -3.01. The van der Waals surface area contributed by atoms with Crippen LogP contribution in [0.1, 0.15) is 45.1 Å². The second-order valence-electron chi connectivity index (χ2n) is 9.71. The molecule has 3 amide bonds. The van der Waals surface area contributed by atoms with Gasteiger partial charge in [-0.05, 0) is 51.4 Å². The Bertz CT molecular complexity index is 1090.